The summed E-state index contributed by atoms with van der Waals surface area (Å²) in [5, 5.41) is 12.8. The highest BCUT2D eigenvalue weighted by molar-refractivity contribution is 5.64. The van der Waals surface area contributed by atoms with Gasteiger partial charge >= 0.3 is 0 Å². The van der Waals surface area contributed by atoms with Crippen molar-refractivity contribution in [3.05, 3.63) is 48.3 Å². The van der Waals surface area contributed by atoms with E-state index in [-0.39, 0.29) is 6.10 Å². The topological polar surface area (TPSA) is 54.4 Å². The zero-order valence-corrected chi connectivity index (χ0v) is 12.8. The van der Waals surface area contributed by atoms with Crippen LogP contribution in [0.5, 0.6) is 5.75 Å². The fourth-order valence-corrected chi connectivity index (χ4v) is 2.56. The molecular weight excluding hydrogens is 276 g/mol. The Kier molecular flexibility index (Phi) is 4.71. The van der Waals surface area contributed by atoms with Crippen LogP contribution in [0.25, 0.3) is 11.1 Å². The summed E-state index contributed by atoms with van der Waals surface area (Å²) in [6, 6.07) is 10.7. The molecule has 2 aromatic rings. The molecule has 3 rings (SSSR count). The van der Waals surface area contributed by atoms with Crippen LogP contribution >= 0.6 is 0 Å². The third kappa shape index (κ3) is 3.84. The van der Waals surface area contributed by atoms with Gasteiger partial charge in [0, 0.05) is 17.8 Å². The second-order valence-corrected chi connectivity index (χ2v) is 5.91. The zero-order valence-electron chi connectivity index (χ0n) is 12.8. The summed E-state index contributed by atoms with van der Waals surface area (Å²) in [5.74, 6) is 0.798. The maximum absolute atomic E-state index is 9.52. The lowest BCUT2D eigenvalue weighted by Crippen LogP contribution is -2.46. The first-order valence-electron chi connectivity index (χ1n) is 7.79. The van der Waals surface area contributed by atoms with E-state index in [0.29, 0.717) is 19.1 Å². The van der Waals surface area contributed by atoms with Crippen molar-refractivity contribution in [2.75, 3.05) is 13.2 Å². The lowest BCUT2D eigenvalue weighted by molar-refractivity contribution is 0.195. The minimum Gasteiger partial charge on any atom is -0.490 e. The van der Waals surface area contributed by atoms with Crippen LogP contribution < -0.4 is 10.1 Å². The summed E-state index contributed by atoms with van der Waals surface area (Å²) < 4.78 is 5.80. The number of aliphatic hydroxyl groups is 1. The average molecular weight is 298 g/mol. The summed E-state index contributed by atoms with van der Waals surface area (Å²) >= 11 is 0. The highest BCUT2D eigenvalue weighted by Gasteiger charge is 2.16. The van der Waals surface area contributed by atoms with Gasteiger partial charge in [-0.25, -0.2) is 0 Å². The largest absolute Gasteiger partial charge is 0.490 e. The van der Waals surface area contributed by atoms with E-state index in [4.69, 9.17) is 4.74 Å². The third-order valence-electron chi connectivity index (χ3n) is 3.88. The van der Waals surface area contributed by atoms with Crippen molar-refractivity contribution in [1.82, 2.24) is 10.3 Å². The number of hydrogen-bond acceptors (Lipinski definition) is 4. The van der Waals surface area contributed by atoms with E-state index >= 15 is 0 Å². The second-order valence-electron chi connectivity index (χ2n) is 5.91. The van der Waals surface area contributed by atoms with E-state index in [1.807, 2.05) is 24.4 Å². The van der Waals surface area contributed by atoms with Crippen LogP contribution in [0.15, 0.2) is 42.7 Å². The Balaban J connectivity index is 1.73. The second kappa shape index (κ2) is 6.90. The van der Waals surface area contributed by atoms with Gasteiger partial charge < -0.3 is 15.2 Å². The molecule has 0 aliphatic carbocycles. The molecule has 0 spiro atoms. The van der Waals surface area contributed by atoms with Gasteiger partial charge in [-0.05, 0) is 43.5 Å². The lowest BCUT2D eigenvalue weighted by atomic mass is 10.0. The smallest absolute Gasteiger partial charge is 0.138 e. The van der Waals surface area contributed by atoms with Crippen molar-refractivity contribution >= 4 is 0 Å². The summed E-state index contributed by atoms with van der Waals surface area (Å²) in [7, 11) is 0. The fourth-order valence-electron chi connectivity index (χ4n) is 2.56. The Morgan fingerprint density at radius 3 is 2.91 bits per heavy atom. The van der Waals surface area contributed by atoms with Crippen molar-refractivity contribution in [3.63, 3.8) is 0 Å². The molecule has 1 aromatic carbocycles. The standard InChI is InChI=1S/C18H22N2O2/c1-13(21)7-14-3-2-4-15(8-14)16-9-18(11-19-10-16)22-12-17-5-6-20-17/h2-4,8-11,13,17,20-21H,5-7,12H2,1H3. The maximum atomic E-state index is 9.52. The molecule has 2 atom stereocenters. The number of ether oxygens (including phenoxy) is 1. The van der Waals surface area contributed by atoms with Crippen molar-refractivity contribution < 1.29 is 9.84 Å². The highest BCUT2D eigenvalue weighted by Crippen LogP contribution is 2.24. The molecule has 2 N–H and O–H groups in total. The van der Waals surface area contributed by atoms with Crippen LogP contribution in [0.1, 0.15) is 18.9 Å². The van der Waals surface area contributed by atoms with E-state index in [2.05, 4.69) is 22.4 Å². The number of benzene rings is 1. The summed E-state index contributed by atoms with van der Waals surface area (Å²) in [6.07, 6.45) is 5.09. The first kappa shape index (κ1) is 15.0. The van der Waals surface area contributed by atoms with Crippen molar-refractivity contribution in [2.45, 2.75) is 31.9 Å². The van der Waals surface area contributed by atoms with Crippen LogP contribution in [0.4, 0.5) is 0 Å². The number of aliphatic hydroxyl groups excluding tert-OH is 1. The molecule has 4 heteroatoms. The molecule has 22 heavy (non-hydrogen) atoms. The fraction of sp³-hybridized carbons (Fsp3) is 0.389. The van der Waals surface area contributed by atoms with Gasteiger partial charge in [0.1, 0.15) is 12.4 Å². The Morgan fingerprint density at radius 1 is 1.32 bits per heavy atom. The Bertz CT molecular complexity index is 624. The zero-order chi connectivity index (χ0) is 15.4. The number of aromatic nitrogens is 1. The quantitative estimate of drug-likeness (QED) is 0.860. The molecule has 116 valence electrons. The number of rotatable bonds is 6. The average Bonchev–Trinajstić information content (AvgIpc) is 2.46. The molecule has 1 saturated heterocycles. The van der Waals surface area contributed by atoms with Crippen molar-refractivity contribution in [1.29, 1.82) is 0 Å². The molecule has 0 radical (unpaired) electrons. The predicted octanol–water partition coefficient (Wildman–Crippen LogP) is 2.41. The van der Waals surface area contributed by atoms with Gasteiger partial charge in [0.05, 0.1) is 12.3 Å². The third-order valence-corrected chi connectivity index (χ3v) is 3.88. The molecule has 1 aromatic heterocycles. The van der Waals surface area contributed by atoms with E-state index < -0.39 is 0 Å². The molecule has 4 nitrogen and oxygen atoms in total. The normalized spacial score (nSPS) is 18.5. The van der Waals surface area contributed by atoms with Gasteiger partial charge in [0.2, 0.25) is 0 Å². The van der Waals surface area contributed by atoms with E-state index in [1.54, 1.807) is 13.1 Å². The number of hydrogen-bond donors (Lipinski definition) is 2. The van der Waals surface area contributed by atoms with Crippen LogP contribution in [-0.2, 0) is 6.42 Å². The highest BCUT2D eigenvalue weighted by atomic mass is 16.5. The predicted molar refractivity (Wildman–Crippen MR) is 87.0 cm³/mol. The molecule has 0 bridgehead atoms. The van der Waals surface area contributed by atoms with Gasteiger partial charge in [0.25, 0.3) is 0 Å². The van der Waals surface area contributed by atoms with Gasteiger partial charge in [0.15, 0.2) is 0 Å². The van der Waals surface area contributed by atoms with Gasteiger partial charge in [-0.3, -0.25) is 4.98 Å². The number of nitrogens with zero attached hydrogens (tertiary/aromatic N) is 1. The van der Waals surface area contributed by atoms with Crippen LogP contribution in [-0.4, -0.2) is 35.4 Å². The minimum atomic E-state index is -0.335. The molecule has 0 amide bonds. The number of nitrogens with one attached hydrogen (secondary N) is 1. The van der Waals surface area contributed by atoms with E-state index in [0.717, 1.165) is 29.0 Å². The summed E-state index contributed by atoms with van der Waals surface area (Å²) in [4.78, 5) is 4.28. The Labute approximate surface area is 131 Å². The SMILES string of the molecule is CC(O)Cc1cccc(-c2cncc(OCC3CCN3)c2)c1. The van der Waals surface area contributed by atoms with E-state index in [9.17, 15) is 5.11 Å². The van der Waals surface area contributed by atoms with Crippen molar-refractivity contribution in [3.8, 4) is 16.9 Å². The Hall–Kier alpha value is -1.91. The summed E-state index contributed by atoms with van der Waals surface area (Å²) in [5.41, 5.74) is 3.25. The molecule has 0 saturated carbocycles. The molecule has 2 unspecified atom stereocenters. The van der Waals surface area contributed by atoms with Crippen LogP contribution in [0.2, 0.25) is 0 Å². The lowest BCUT2D eigenvalue weighted by Gasteiger charge is -2.27. The number of pyridine rings is 1. The van der Waals surface area contributed by atoms with Crippen molar-refractivity contribution in [2.24, 2.45) is 0 Å². The first-order chi connectivity index (χ1) is 10.7. The summed E-state index contributed by atoms with van der Waals surface area (Å²) in [6.45, 7) is 3.58. The molecule has 1 aliphatic heterocycles. The van der Waals surface area contributed by atoms with Gasteiger partial charge in [-0.2, -0.15) is 0 Å². The Morgan fingerprint density at radius 2 is 2.18 bits per heavy atom. The molecular formula is C18H22N2O2. The minimum absolute atomic E-state index is 0.335. The van der Waals surface area contributed by atoms with E-state index in [1.165, 1.54) is 6.42 Å². The monoisotopic (exact) mass is 298 g/mol. The molecule has 2 heterocycles. The van der Waals surface area contributed by atoms with Crippen LogP contribution in [0, 0.1) is 0 Å². The maximum Gasteiger partial charge on any atom is 0.138 e. The van der Waals surface area contributed by atoms with Gasteiger partial charge in [-0.1, -0.05) is 24.3 Å². The van der Waals surface area contributed by atoms with Gasteiger partial charge in [-0.15, -0.1) is 0 Å². The first-order valence-corrected chi connectivity index (χ1v) is 7.79. The molecule has 1 fully saturated rings. The molecule has 1 aliphatic rings. The van der Waals surface area contributed by atoms with Crippen LogP contribution in [0.3, 0.4) is 0 Å².